The normalized spacial score (nSPS) is 18.5. The van der Waals surface area contributed by atoms with E-state index in [-0.39, 0.29) is 5.41 Å². The Balaban J connectivity index is 1.19. The van der Waals surface area contributed by atoms with Crippen molar-refractivity contribution in [2.24, 2.45) is 10.8 Å². The molecule has 2 aromatic carbocycles. The molecule has 2 aromatic heterocycles. The van der Waals surface area contributed by atoms with Crippen molar-refractivity contribution in [1.29, 1.82) is 0 Å². The second-order valence-electron chi connectivity index (χ2n) is 14.4. The molecule has 0 spiro atoms. The average molecular weight is 577 g/mol. The Labute approximate surface area is 259 Å². The summed E-state index contributed by atoms with van der Waals surface area (Å²) in [5.41, 5.74) is 7.87. The van der Waals surface area contributed by atoms with Gasteiger partial charge in [0.15, 0.2) is 0 Å². The van der Waals surface area contributed by atoms with Gasteiger partial charge in [-0.25, -0.2) is 9.36 Å². The van der Waals surface area contributed by atoms with Crippen LogP contribution in [-0.4, -0.2) is 19.6 Å². The van der Waals surface area contributed by atoms with E-state index in [4.69, 9.17) is 10.2 Å². The van der Waals surface area contributed by atoms with Crippen molar-refractivity contribution in [3.05, 3.63) is 95.6 Å². The molecule has 4 heteroatoms. The third-order valence-electron chi connectivity index (χ3n) is 11.3. The molecular weight excluding hydrogens is 524 g/mol. The Hall–Kier alpha value is -3.14. The number of benzene rings is 2. The molecule has 0 amide bonds. The van der Waals surface area contributed by atoms with E-state index in [1.165, 1.54) is 101 Å². The van der Waals surface area contributed by atoms with Crippen molar-refractivity contribution in [3.8, 4) is 11.4 Å². The predicted molar refractivity (Wildman–Crippen MR) is 178 cm³/mol. The Morgan fingerprint density at radius 2 is 1.02 bits per heavy atom. The minimum absolute atomic E-state index is 0.311. The first-order valence-electron chi connectivity index (χ1n) is 17.1. The van der Waals surface area contributed by atoms with Crippen LogP contribution in [0.1, 0.15) is 127 Å². The van der Waals surface area contributed by atoms with Crippen LogP contribution in [0.5, 0.6) is 0 Å². The number of rotatable bonds is 10. The topological polar surface area (TPSA) is 35.6 Å². The Morgan fingerprint density at radius 1 is 0.605 bits per heavy atom. The van der Waals surface area contributed by atoms with Gasteiger partial charge < -0.3 is 0 Å². The molecule has 2 saturated carbocycles. The van der Waals surface area contributed by atoms with Gasteiger partial charge in [0.25, 0.3) is 0 Å². The van der Waals surface area contributed by atoms with E-state index in [9.17, 15) is 0 Å². The lowest BCUT2D eigenvalue weighted by Gasteiger charge is -2.37. The zero-order valence-corrected chi connectivity index (χ0v) is 27.1. The molecule has 0 unspecified atom stereocenters. The van der Waals surface area contributed by atoms with Crippen LogP contribution in [0, 0.1) is 10.8 Å². The lowest BCUT2D eigenvalue weighted by Crippen LogP contribution is -2.26. The second kappa shape index (κ2) is 12.5. The van der Waals surface area contributed by atoms with E-state index >= 15 is 0 Å². The minimum atomic E-state index is -0.311. The summed E-state index contributed by atoms with van der Waals surface area (Å²) in [6.45, 7) is 9.24. The predicted octanol–water partition coefficient (Wildman–Crippen LogP) is 10.2. The summed E-state index contributed by atoms with van der Waals surface area (Å²) in [5.74, 6) is 0. The zero-order chi connectivity index (χ0) is 29.9. The summed E-state index contributed by atoms with van der Waals surface area (Å²) < 4.78 is 4.10. The van der Waals surface area contributed by atoms with Crippen LogP contribution in [0.15, 0.2) is 73.1 Å². The van der Waals surface area contributed by atoms with E-state index < -0.39 is 0 Å². The third-order valence-corrected chi connectivity index (χ3v) is 11.3. The van der Waals surface area contributed by atoms with Gasteiger partial charge in [0.05, 0.1) is 28.2 Å². The van der Waals surface area contributed by atoms with Crippen molar-refractivity contribution in [2.75, 3.05) is 0 Å². The van der Waals surface area contributed by atoms with E-state index in [0.717, 1.165) is 22.8 Å². The van der Waals surface area contributed by atoms with Crippen molar-refractivity contribution in [3.63, 3.8) is 0 Å². The quantitative estimate of drug-likeness (QED) is 0.188. The molecule has 0 atom stereocenters. The van der Waals surface area contributed by atoms with Gasteiger partial charge in [-0.15, -0.1) is 0 Å². The summed E-state index contributed by atoms with van der Waals surface area (Å²) >= 11 is 0. The fourth-order valence-corrected chi connectivity index (χ4v) is 8.13. The molecule has 2 fully saturated rings. The molecule has 2 aliphatic carbocycles. The summed E-state index contributed by atoms with van der Waals surface area (Å²) in [4.78, 5) is 0. The van der Waals surface area contributed by atoms with E-state index in [2.05, 4.69) is 110 Å². The van der Waals surface area contributed by atoms with E-state index in [1.54, 1.807) is 0 Å². The molecule has 4 nitrogen and oxygen atoms in total. The van der Waals surface area contributed by atoms with Gasteiger partial charge >= 0.3 is 0 Å². The van der Waals surface area contributed by atoms with Crippen molar-refractivity contribution >= 4 is 0 Å². The molecule has 0 N–H and O–H groups in total. The fraction of sp³-hybridized carbons (Fsp3) is 0.538. The first-order valence-corrected chi connectivity index (χ1v) is 17.1. The number of hydrogen-bond donors (Lipinski definition) is 0. The van der Waals surface area contributed by atoms with E-state index in [1.807, 2.05) is 0 Å². The van der Waals surface area contributed by atoms with Crippen LogP contribution in [0.25, 0.3) is 11.4 Å². The standard InChI is InChI=1S/C39H52N4/c1-5-38(21-9-7-10-22-38)29-31-15-13-17-33(27-31)42-25-19-35(40-42)37(3,4)36-20-26-43(41-36)34-18-14-16-32(28-34)30-39(6-2)23-11-8-12-24-39/h13-20,25-28H,5-12,21-24,29-30H2,1-4H3. The van der Waals surface area contributed by atoms with Crippen LogP contribution in [0.4, 0.5) is 0 Å². The van der Waals surface area contributed by atoms with Crippen LogP contribution in [-0.2, 0) is 18.3 Å². The molecule has 228 valence electrons. The third kappa shape index (κ3) is 6.40. The van der Waals surface area contributed by atoms with Gasteiger partial charge in [-0.05, 0) is 111 Å². The smallest absolute Gasteiger partial charge is 0.0745 e. The van der Waals surface area contributed by atoms with Crippen molar-refractivity contribution in [2.45, 2.75) is 123 Å². The van der Waals surface area contributed by atoms with Crippen LogP contribution >= 0.6 is 0 Å². The van der Waals surface area contributed by atoms with Crippen LogP contribution in [0.2, 0.25) is 0 Å². The highest BCUT2D eigenvalue weighted by atomic mass is 15.3. The summed E-state index contributed by atoms with van der Waals surface area (Å²) in [5, 5.41) is 10.2. The van der Waals surface area contributed by atoms with Gasteiger partial charge in [-0.2, -0.15) is 10.2 Å². The summed E-state index contributed by atoms with van der Waals surface area (Å²) in [6, 6.07) is 22.4. The Morgan fingerprint density at radius 3 is 1.42 bits per heavy atom. The molecule has 2 aliphatic rings. The maximum absolute atomic E-state index is 5.10. The molecule has 2 heterocycles. The molecule has 0 aliphatic heterocycles. The largest absolute Gasteiger partial charge is 0.241 e. The molecule has 0 saturated heterocycles. The number of aromatic nitrogens is 4. The second-order valence-corrected chi connectivity index (χ2v) is 14.4. The van der Waals surface area contributed by atoms with Gasteiger partial charge in [-0.3, -0.25) is 0 Å². The lowest BCUT2D eigenvalue weighted by atomic mass is 9.69. The van der Waals surface area contributed by atoms with E-state index in [0.29, 0.717) is 10.8 Å². The highest BCUT2D eigenvalue weighted by molar-refractivity contribution is 5.39. The highest BCUT2D eigenvalue weighted by Gasteiger charge is 2.32. The number of hydrogen-bond acceptors (Lipinski definition) is 2. The Bertz CT molecular complexity index is 1380. The van der Waals surface area contributed by atoms with Crippen LogP contribution in [0.3, 0.4) is 0 Å². The summed E-state index contributed by atoms with van der Waals surface area (Å²) in [6.07, 6.45) is 22.9. The van der Waals surface area contributed by atoms with Gasteiger partial charge in [0.1, 0.15) is 0 Å². The van der Waals surface area contributed by atoms with Crippen LogP contribution < -0.4 is 0 Å². The molecule has 0 radical (unpaired) electrons. The maximum Gasteiger partial charge on any atom is 0.0745 e. The first-order chi connectivity index (χ1) is 20.8. The molecule has 4 aromatic rings. The minimum Gasteiger partial charge on any atom is -0.241 e. The Kier molecular flexibility index (Phi) is 8.67. The van der Waals surface area contributed by atoms with Crippen molar-refractivity contribution < 1.29 is 0 Å². The molecule has 0 bridgehead atoms. The lowest BCUT2D eigenvalue weighted by molar-refractivity contribution is 0.179. The average Bonchev–Trinajstić information content (AvgIpc) is 3.75. The van der Waals surface area contributed by atoms with Crippen molar-refractivity contribution in [1.82, 2.24) is 19.6 Å². The molecule has 43 heavy (non-hydrogen) atoms. The molecular formula is C39H52N4. The maximum atomic E-state index is 5.10. The SMILES string of the molecule is CCC1(Cc2cccc(-n3ccc(C(C)(C)c4ccn(-c5cccc(CC6(CC)CCCCC6)c5)n4)n3)c2)CCCCC1. The summed E-state index contributed by atoms with van der Waals surface area (Å²) in [7, 11) is 0. The van der Waals surface area contributed by atoms with Gasteiger partial charge in [-0.1, -0.05) is 89.5 Å². The highest BCUT2D eigenvalue weighted by Crippen LogP contribution is 2.43. The zero-order valence-electron chi connectivity index (χ0n) is 27.1. The molecule has 6 rings (SSSR count). The monoisotopic (exact) mass is 576 g/mol. The fourth-order valence-electron chi connectivity index (χ4n) is 8.13. The van der Waals surface area contributed by atoms with Gasteiger partial charge in [0.2, 0.25) is 0 Å². The first kappa shape index (κ1) is 29.9. The number of nitrogens with zero attached hydrogens (tertiary/aromatic N) is 4. The van der Waals surface area contributed by atoms with Gasteiger partial charge in [0, 0.05) is 12.4 Å².